The zero-order valence-electron chi connectivity index (χ0n) is 18.0. The van der Waals surface area contributed by atoms with Crippen LogP contribution in [-0.2, 0) is 10.8 Å². The third-order valence-electron chi connectivity index (χ3n) is 6.46. The molecule has 3 nitrogen and oxygen atoms in total. The van der Waals surface area contributed by atoms with E-state index in [0.717, 1.165) is 18.5 Å². The van der Waals surface area contributed by atoms with E-state index in [1.54, 1.807) is 0 Å². The number of nitrogens with two attached hydrogens (primary N) is 1. The second-order valence-electron chi connectivity index (χ2n) is 9.70. The molecule has 0 radical (unpaired) electrons. The lowest BCUT2D eigenvalue weighted by atomic mass is 10.0. The molecule has 3 rings (SSSR count). The highest BCUT2D eigenvalue weighted by Crippen LogP contribution is 2.41. The fraction of sp³-hybridized carbons (Fsp3) is 0.500. The van der Waals surface area contributed by atoms with Crippen molar-refractivity contribution in [2.24, 2.45) is 0 Å². The van der Waals surface area contributed by atoms with Crippen molar-refractivity contribution >= 4 is 14.0 Å². The SMILES string of the molecule is CC(C)(C)[Si](C)(C)O[C@H](c1ccccc1)[C@H]1CCC(Cc2ccc(N)cc2)N1. The summed E-state index contributed by atoms with van der Waals surface area (Å²) in [6.45, 7) is 11.6. The van der Waals surface area contributed by atoms with Crippen LogP contribution >= 0.6 is 0 Å². The molecule has 1 saturated heterocycles. The first-order valence-electron chi connectivity index (χ1n) is 10.5. The van der Waals surface area contributed by atoms with Crippen LogP contribution in [0.1, 0.15) is 50.8 Å². The molecular weight excluding hydrogens is 360 g/mol. The molecule has 3 N–H and O–H groups in total. The molecule has 0 spiro atoms. The molecule has 4 heteroatoms. The van der Waals surface area contributed by atoms with Crippen LogP contribution in [-0.4, -0.2) is 20.4 Å². The molecule has 2 aromatic carbocycles. The van der Waals surface area contributed by atoms with E-state index in [-0.39, 0.29) is 11.1 Å². The number of hydrogen-bond donors (Lipinski definition) is 2. The van der Waals surface area contributed by atoms with Crippen LogP contribution in [0.15, 0.2) is 54.6 Å². The Morgan fingerprint density at radius 2 is 1.68 bits per heavy atom. The number of rotatable bonds is 6. The zero-order chi connectivity index (χ0) is 20.4. The van der Waals surface area contributed by atoms with Gasteiger partial charge in [0.25, 0.3) is 0 Å². The van der Waals surface area contributed by atoms with Crippen molar-refractivity contribution in [2.75, 3.05) is 5.73 Å². The van der Waals surface area contributed by atoms with E-state index in [1.165, 1.54) is 17.5 Å². The van der Waals surface area contributed by atoms with E-state index in [1.807, 2.05) is 12.1 Å². The lowest BCUT2D eigenvalue weighted by molar-refractivity contribution is 0.143. The van der Waals surface area contributed by atoms with E-state index in [9.17, 15) is 0 Å². The van der Waals surface area contributed by atoms with E-state index in [4.69, 9.17) is 10.2 Å². The third kappa shape index (κ3) is 5.05. The largest absolute Gasteiger partial charge is 0.408 e. The Morgan fingerprint density at radius 1 is 1.04 bits per heavy atom. The topological polar surface area (TPSA) is 47.3 Å². The van der Waals surface area contributed by atoms with E-state index < -0.39 is 8.32 Å². The van der Waals surface area contributed by atoms with Crippen LogP contribution < -0.4 is 11.1 Å². The summed E-state index contributed by atoms with van der Waals surface area (Å²) in [5.41, 5.74) is 9.28. The summed E-state index contributed by atoms with van der Waals surface area (Å²) in [4.78, 5) is 0. The molecule has 2 aromatic rings. The summed E-state index contributed by atoms with van der Waals surface area (Å²) >= 11 is 0. The minimum absolute atomic E-state index is 0.110. The highest BCUT2D eigenvalue weighted by molar-refractivity contribution is 6.74. The molecule has 152 valence electrons. The van der Waals surface area contributed by atoms with Crippen LogP contribution in [0.2, 0.25) is 18.1 Å². The van der Waals surface area contributed by atoms with E-state index >= 15 is 0 Å². The summed E-state index contributed by atoms with van der Waals surface area (Å²) in [6.07, 6.45) is 3.48. The first-order chi connectivity index (χ1) is 13.2. The Hall–Kier alpha value is -1.62. The maximum absolute atomic E-state index is 6.95. The average Bonchev–Trinajstić information content (AvgIpc) is 3.10. The number of benzene rings is 2. The Balaban J connectivity index is 1.75. The predicted octanol–water partition coefficient (Wildman–Crippen LogP) is 5.70. The molecule has 3 atom stereocenters. The average molecular weight is 397 g/mol. The first-order valence-corrected chi connectivity index (χ1v) is 13.4. The Labute approximate surface area is 171 Å². The molecule has 1 aliphatic heterocycles. The van der Waals surface area contributed by atoms with Gasteiger partial charge >= 0.3 is 0 Å². The minimum atomic E-state index is -1.87. The molecule has 1 heterocycles. The fourth-order valence-electron chi connectivity index (χ4n) is 3.71. The minimum Gasteiger partial charge on any atom is -0.408 e. The van der Waals surface area contributed by atoms with Gasteiger partial charge in [0.15, 0.2) is 8.32 Å². The van der Waals surface area contributed by atoms with E-state index in [0.29, 0.717) is 12.1 Å². The standard InChI is InChI=1S/C24H36N2OSi/c1-24(2,3)28(4,5)27-23(19-9-7-6-8-10-19)22-16-15-21(26-22)17-18-11-13-20(25)14-12-18/h6-14,21-23,26H,15-17,25H2,1-5H3/t21?,22-,23-/m1/s1. The molecule has 0 aromatic heterocycles. The molecule has 0 amide bonds. The zero-order valence-corrected chi connectivity index (χ0v) is 19.0. The van der Waals surface area contributed by atoms with Gasteiger partial charge in [0.1, 0.15) is 0 Å². The summed E-state index contributed by atoms with van der Waals surface area (Å²) in [7, 11) is -1.87. The number of nitrogen functional groups attached to an aromatic ring is 1. The number of nitrogens with one attached hydrogen (secondary N) is 1. The van der Waals surface area contributed by atoms with Gasteiger partial charge < -0.3 is 15.5 Å². The van der Waals surface area contributed by atoms with Crippen LogP contribution in [0.5, 0.6) is 0 Å². The van der Waals surface area contributed by atoms with Crippen molar-refractivity contribution in [1.29, 1.82) is 0 Å². The van der Waals surface area contributed by atoms with Gasteiger partial charge in [-0.05, 0) is 60.7 Å². The molecule has 0 saturated carbocycles. The Kier molecular flexibility index (Phi) is 6.33. The highest BCUT2D eigenvalue weighted by Gasteiger charge is 2.42. The normalized spacial score (nSPS) is 21.6. The first kappa shape index (κ1) is 21.1. The molecule has 1 fully saturated rings. The Morgan fingerprint density at radius 3 is 2.29 bits per heavy atom. The molecule has 0 bridgehead atoms. The van der Waals surface area contributed by atoms with E-state index in [2.05, 4.69) is 81.6 Å². The van der Waals surface area contributed by atoms with Gasteiger partial charge in [-0.3, -0.25) is 0 Å². The van der Waals surface area contributed by atoms with Gasteiger partial charge in [-0.1, -0.05) is 63.2 Å². The van der Waals surface area contributed by atoms with Crippen molar-refractivity contribution in [3.8, 4) is 0 Å². The molecule has 1 unspecified atom stereocenters. The van der Waals surface area contributed by atoms with Crippen LogP contribution in [0.25, 0.3) is 0 Å². The van der Waals surface area contributed by atoms with Crippen molar-refractivity contribution in [3.05, 3.63) is 65.7 Å². The lowest BCUT2D eigenvalue weighted by Gasteiger charge is -2.41. The number of hydrogen-bond acceptors (Lipinski definition) is 3. The monoisotopic (exact) mass is 396 g/mol. The highest BCUT2D eigenvalue weighted by atomic mass is 28.4. The summed E-state index contributed by atoms with van der Waals surface area (Å²) in [6, 6.07) is 19.9. The predicted molar refractivity (Wildman–Crippen MR) is 122 cm³/mol. The summed E-state index contributed by atoms with van der Waals surface area (Å²) < 4.78 is 6.95. The summed E-state index contributed by atoms with van der Waals surface area (Å²) in [5, 5.41) is 4.09. The third-order valence-corrected chi connectivity index (χ3v) is 10.9. The van der Waals surface area contributed by atoms with Crippen LogP contribution in [0.4, 0.5) is 5.69 Å². The second-order valence-corrected chi connectivity index (χ2v) is 14.5. The lowest BCUT2D eigenvalue weighted by Crippen LogP contribution is -2.46. The smallest absolute Gasteiger partial charge is 0.192 e. The summed E-state index contributed by atoms with van der Waals surface area (Å²) in [5.74, 6) is 0. The maximum atomic E-state index is 6.95. The van der Waals surface area contributed by atoms with Crippen molar-refractivity contribution < 1.29 is 4.43 Å². The van der Waals surface area contributed by atoms with Crippen molar-refractivity contribution in [3.63, 3.8) is 0 Å². The van der Waals surface area contributed by atoms with Crippen molar-refractivity contribution in [1.82, 2.24) is 5.32 Å². The van der Waals surface area contributed by atoms with Gasteiger partial charge in [0.2, 0.25) is 0 Å². The van der Waals surface area contributed by atoms with Crippen LogP contribution in [0.3, 0.4) is 0 Å². The van der Waals surface area contributed by atoms with Gasteiger partial charge in [0.05, 0.1) is 6.10 Å². The van der Waals surface area contributed by atoms with Gasteiger partial charge in [-0.15, -0.1) is 0 Å². The van der Waals surface area contributed by atoms with Gasteiger partial charge in [-0.25, -0.2) is 0 Å². The quantitative estimate of drug-likeness (QED) is 0.487. The maximum Gasteiger partial charge on any atom is 0.192 e. The molecule has 0 aliphatic carbocycles. The van der Waals surface area contributed by atoms with Crippen LogP contribution in [0, 0.1) is 0 Å². The van der Waals surface area contributed by atoms with Gasteiger partial charge in [0, 0.05) is 17.8 Å². The molecule has 28 heavy (non-hydrogen) atoms. The van der Waals surface area contributed by atoms with Gasteiger partial charge in [-0.2, -0.15) is 0 Å². The molecular formula is C24H36N2OSi. The fourth-order valence-corrected chi connectivity index (χ4v) is 5.00. The second kappa shape index (κ2) is 8.40. The van der Waals surface area contributed by atoms with Crippen molar-refractivity contribution in [2.45, 2.75) is 76.4 Å². The Bertz CT molecular complexity index is 752. The molecule has 1 aliphatic rings. The number of anilines is 1.